The number of hydrogen-bond donors (Lipinski definition) is 1. The van der Waals surface area contributed by atoms with E-state index in [4.69, 9.17) is 13.8 Å². The predicted octanol–water partition coefficient (Wildman–Crippen LogP) is 2.21. The van der Waals surface area contributed by atoms with Crippen LogP contribution in [0.3, 0.4) is 0 Å². The molecular weight excluding hydrogens is 347 g/mol. The standard InChI is InChI=1S/C16H17N2O6P/c1-11-9-13(10-22-25(21)24-12-5-3-2-4-6-12)23-15(11)18-8-7-14(19)17-16(18)20/h2-8,11,13,15H,9-10H2,1H3/p+1. The number of benzene rings is 1. The molecule has 1 aliphatic rings. The van der Waals surface area contributed by atoms with E-state index in [1.807, 2.05) is 13.0 Å². The van der Waals surface area contributed by atoms with Gasteiger partial charge in [0.1, 0.15) is 12.8 Å². The summed E-state index contributed by atoms with van der Waals surface area (Å²) in [5.41, 5.74) is -0.980. The molecule has 8 nitrogen and oxygen atoms in total. The fourth-order valence-electron chi connectivity index (χ4n) is 2.73. The number of nitrogens with zero attached hydrogens (tertiary/aromatic N) is 1. The van der Waals surface area contributed by atoms with Crippen LogP contribution in [-0.2, 0) is 13.8 Å². The average molecular weight is 365 g/mol. The Bertz CT molecular complexity index is 849. The van der Waals surface area contributed by atoms with Gasteiger partial charge in [-0.05, 0) is 18.6 Å². The normalized spacial score (nSPS) is 23.4. The predicted molar refractivity (Wildman–Crippen MR) is 89.6 cm³/mol. The molecule has 1 saturated heterocycles. The molecule has 1 aromatic heterocycles. The third kappa shape index (κ3) is 4.42. The average Bonchev–Trinajstić information content (AvgIpc) is 2.95. The Morgan fingerprint density at radius 2 is 2.04 bits per heavy atom. The number of rotatable bonds is 6. The van der Waals surface area contributed by atoms with E-state index in [0.717, 1.165) is 0 Å². The largest absolute Gasteiger partial charge is 0.750 e. The minimum Gasteiger partial charge on any atom is -0.352 e. The maximum absolute atomic E-state index is 11.9. The molecule has 1 aromatic carbocycles. The lowest BCUT2D eigenvalue weighted by atomic mass is 10.1. The Balaban J connectivity index is 1.56. The van der Waals surface area contributed by atoms with Crippen LogP contribution in [0.15, 0.2) is 52.2 Å². The monoisotopic (exact) mass is 365 g/mol. The second-order valence-corrected chi connectivity index (χ2v) is 6.69. The summed E-state index contributed by atoms with van der Waals surface area (Å²) >= 11 is 0. The number of para-hydroxylation sites is 1. The Labute approximate surface area is 144 Å². The zero-order valence-electron chi connectivity index (χ0n) is 13.5. The fourth-order valence-corrected chi connectivity index (χ4v) is 3.36. The minimum absolute atomic E-state index is 0.0325. The summed E-state index contributed by atoms with van der Waals surface area (Å²) < 4.78 is 29.4. The van der Waals surface area contributed by atoms with Crippen molar-refractivity contribution in [3.05, 3.63) is 63.4 Å². The molecular formula is C16H18N2O6P+. The molecule has 0 aliphatic carbocycles. The van der Waals surface area contributed by atoms with Crippen molar-refractivity contribution < 1.29 is 18.3 Å². The molecule has 0 radical (unpaired) electrons. The van der Waals surface area contributed by atoms with E-state index in [9.17, 15) is 14.2 Å². The van der Waals surface area contributed by atoms with Gasteiger partial charge < -0.3 is 4.74 Å². The minimum atomic E-state index is -2.31. The molecule has 1 N–H and O–H groups in total. The summed E-state index contributed by atoms with van der Waals surface area (Å²) in [6.07, 6.45) is 1.21. The van der Waals surface area contributed by atoms with Crippen LogP contribution in [0.1, 0.15) is 19.6 Å². The third-order valence-corrected chi connectivity index (χ3v) is 4.59. The summed E-state index contributed by atoms with van der Waals surface area (Å²) in [7, 11) is -2.31. The molecule has 0 amide bonds. The van der Waals surface area contributed by atoms with Crippen LogP contribution in [0.25, 0.3) is 0 Å². The second-order valence-electron chi connectivity index (χ2n) is 5.80. The van der Waals surface area contributed by atoms with Gasteiger partial charge in [0.05, 0.1) is 6.10 Å². The van der Waals surface area contributed by atoms with Gasteiger partial charge in [0.15, 0.2) is 5.75 Å². The Hall–Kier alpha value is -2.28. The molecule has 9 heteroatoms. The summed E-state index contributed by atoms with van der Waals surface area (Å²) in [4.78, 5) is 25.2. The van der Waals surface area contributed by atoms with Gasteiger partial charge in [-0.25, -0.2) is 9.32 Å². The Morgan fingerprint density at radius 3 is 2.76 bits per heavy atom. The van der Waals surface area contributed by atoms with Crippen molar-refractivity contribution in [1.82, 2.24) is 9.55 Å². The van der Waals surface area contributed by atoms with Crippen molar-refractivity contribution in [1.29, 1.82) is 0 Å². The van der Waals surface area contributed by atoms with Gasteiger partial charge in [-0.15, -0.1) is 4.52 Å². The molecule has 2 heterocycles. The highest BCUT2D eigenvalue weighted by molar-refractivity contribution is 7.33. The fraction of sp³-hybridized carbons (Fsp3) is 0.375. The smallest absolute Gasteiger partial charge is 0.352 e. The van der Waals surface area contributed by atoms with Crippen molar-refractivity contribution in [2.24, 2.45) is 5.92 Å². The van der Waals surface area contributed by atoms with E-state index in [1.165, 1.54) is 16.8 Å². The molecule has 2 aromatic rings. The summed E-state index contributed by atoms with van der Waals surface area (Å²) in [5.74, 6) is 0.493. The van der Waals surface area contributed by atoms with E-state index in [2.05, 4.69) is 4.98 Å². The SMILES string of the molecule is CC1CC(CO[P+](=O)Oc2ccccc2)OC1n1ccc(=O)[nH]c1=O. The van der Waals surface area contributed by atoms with E-state index in [-0.39, 0.29) is 18.6 Å². The molecule has 132 valence electrons. The van der Waals surface area contributed by atoms with E-state index in [0.29, 0.717) is 12.2 Å². The lowest BCUT2D eigenvalue weighted by molar-refractivity contribution is -0.0296. The van der Waals surface area contributed by atoms with Crippen LogP contribution in [0.5, 0.6) is 5.75 Å². The van der Waals surface area contributed by atoms with Gasteiger partial charge in [0, 0.05) is 22.7 Å². The van der Waals surface area contributed by atoms with Crippen molar-refractivity contribution >= 4 is 8.25 Å². The first-order chi connectivity index (χ1) is 12.0. The molecule has 25 heavy (non-hydrogen) atoms. The Morgan fingerprint density at radius 1 is 1.28 bits per heavy atom. The third-order valence-electron chi connectivity index (χ3n) is 3.87. The first-order valence-electron chi connectivity index (χ1n) is 7.83. The second kappa shape index (κ2) is 7.74. The highest BCUT2D eigenvalue weighted by atomic mass is 31.1. The maximum atomic E-state index is 11.9. The molecule has 0 saturated carbocycles. The topological polar surface area (TPSA) is 99.6 Å². The number of H-pyrrole nitrogens is 1. The number of aromatic amines is 1. The molecule has 0 spiro atoms. The van der Waals surface area contributed by atoms with Crippen LogP contribution in [-0.4, -0.2) is 22.3 Å². The highest BCUT2D eigenvalue weighted by Gasteiger charge is 2.36. The molecule has 0 bridgehead atoms. The summed E-state index contributed by atoms with van der Waals surface area (Å²) in [6, 6.07) is 10.0. The Kier molecular flexibility index (Phi) is 5.43. The number of ether oxygens (including phenoxy) is 1. The van der Waals surface area contributed by atoms with Crippen molar-refractivity contribution in [3.8, 4) is 5.75 Å². The molecule has 4 atom stereocenters. The van der Waals surface area contributed by atoms with Gasteiger partial charge in [-0.1, -0.05) is 25.1 Å². The first-order valence-corrected chi connectivity index (χ1v) is 8.92. The molecule has 3 rings (SSSR count). The summed E-state index contributed by atoms with van der Waals surface area (Å²) in [5, 5.41) is 0. The van der Waals surface area contributed by atoms with Crippen molar-refractivity contribution in [3.63, 3.8) is 0 Å². The van der Waals surface area contributed by atoms with Crippen molar-refractivity contribution in [2.75, 3.05) is 6.61 Å². The van der Waals surface area contributed by atoms with Crippen LogP contribution >= 0.6 is 8.25 Å². The van der Waals surface area contributed by atoms with Gasteiger partial charge in [0.2, 0.25) is 0 Å². The van der Waals surface area contributed by atoms with Gasteiger partial charge >= 0.3 is 13.9 Å². The molecule has 1 fully saturated rings. The zero-order valence-corrected chi connectivity index (χ0v) is 14.4. The van der Waals surface area contributed by atoms with Crippen molar-refractivity contribution in [2.45, 2.75) is 25.7 Å². The van der Waals surface area contributed by atoms with E-state index in [1.54, 1.807) is 24.3 Å². The lowest BCUT2D eigenvalue weighted by Gasteiger charge is -2.17. The van der Waals surface area contributed by atoms with E-state index < -0.39 is 25.7 Å². The van der Waals surface area contributed by atoms with Crippen LogP contribution in [0.4, 0.5) is 0 Å². The van der Waals surface area contributed by atoms with Crippen LogP contribution in [0.2, 0.25) is 0 Å². The highest BCUT2D eigenvalue weighted by Crippen LogP contribution is 2.35. The number of nitrogens with one attached hydrogen (secondary N) is 1. The number of aromatic nitrogens is 2. The zero-order chi connectivity index (χ0) is 17.8. The summed E-state index contributed by atoms with van der Waals surface area (Å²) in [6.45, 7) is 2.02. The molecule has 4 unspecified atom stereocenters. The number of hydrogen-bond acceptors (Lipinski definition) is 6. The van der Waals surface area contributed by atoms with E-state index >= 15 is 0 Å². The molecule has 1 aliphatic heterocycles. The quantitative estimate of drug-likeness (QED) is 0.788. The van der Waals surface area contributed by atoms with Gasteiger partial charge in [0.25, 0.3) is 5.56 Å². The lowest BCUT2D eigenvalue weighted by Crippen LogP contribution is -2.33. The van der Waals surface area contributed by atoms with Gasteiger partial charge in [-0.2, -0.15) is 0 Å². The maximum Gasteiger partial charge on any atom is 0.750 e. The van der Waals surface area contributed by atoms with Crippen LogP contribution < -0.4 is 15.8 Å². The van der Waals surface area contributed by atoms with Gasteiger partial charge in [-0.3, -0.25) is 14.3 Å². The van der Waals surface area contributed by atoms with Crippen LogP contribution in [0, 0.1) is 5.92 Å². The first kappa shape index (κ1) is 17.5.